The maximum absolute atomic E-state index is 4.50. The van der Waals surface area contributed by atoms with E-state index < -0.39 is 0 Å². The molecule has 1 aromatic heterocycles. The van der Waals surface area contributed by atoms with Crippen LogP contribution in [-0.2, 0) is 0 Å². The zero-order valence-corrected chi connectivity index (χ0v) is 12.6. The highest BCUT2D eigenvalue weighted by molar-refractivity contribution is 14.1. The molecule has 0 unspecified atom stereocenters. The Kier molecular flexibility index (Phi) is 3.98. The van der Waals surface area contributed by atoms with Crippen molar-refractivity contribution in [1.82, 2.24) is 15.3 Å². The SMILES string of the molecule is Ic1cncnc1N(CC1CCNCC1)C1CC1. The summed E-state index contributed by atoms with van der Waals surface area (Å²) in [6.07, 6.45) is 8.84. The molecule has 1 saturated heterocycles. The van der Waals surface area contributed by atoms with Crippen LogP contribution in [0.15, 0.2) is 12.5 Å². The molecule has 98 valence electrons. The van der Waals surface area contributed by atoms with Crippen molar-refractivity contribution in [3.05, 3.63) is 16.1 Å². The van der Waals surface area contributed by atoms with Crippen molar-refractivity contribution in [1.29, 1.82) is 0 Å². The number of nitrogens with zero attached hydrogens (tertiary/aromatic N) is 3. The number of piperidine rings is 1. The first-order valence-electron chi connectivity index (χ1n) is 6.77. The second kappa shape index (κ2) is 5.69. The van der Waals surface area contributed by atoms with Crippen molar-refractivity contribution in [3.8, 4) is 0 Å². The lowest BCUT2D eigenvalue weighted by molar-refractivity contribution is 0.372. The minimum Gasteiger partial charge on any atom is -0.352 e. The zero-order valence-electron chi connectivity index (χ0n) is 10.5. The molecule has 0 atom stereocenters. The van der Waals surface area contributed by atoms with Crippen molar-refractivity contribution >= 4 is 28.4 Å². The number of anilines is 1. The molecule has 1 saturated carbocycles. The van der Waals surface area contributed by atoms with Gasteiger partial charge in [0.1, 0.15) is 12.1 Å². The van der Waals surface area contributed by atoms with Gasteiger partial charge in [-0.3, -0.25) is 0 Å². The molecule has 0 bridgehead atoms. The molecule has 4 nitrogen and oxygen atoms in total. The van der Waals surface area contributed by atoms with E-state index in [0.717, 1.165) is 17.8 Å². The van der Waals surface area contributed by atoms with Gasteiger partial charge in [0.2, 0.25) is 0 Å². The number of hydrogen-bond donors (Lipinski definition) is 1. The van der Waals surface area contributed by atoms with Gasteiger partial charge < -0.3 is 10.2 Å². The van der Waals surface area contributed by atoms with Crippen molar-refractivity contribution in [2.75, 3.05) is 24.5 Å². The van der Waals surface area contributed by atoms with E-state index in [2.05, 4.69) is 42.8 Å². The summed E-state index contributed by atoms with van der Waals surface area (Å²) in [5, 5.41) is 3.44. The van der Waals surface area contributed by atoms with Crippen LogP contribution in [0.3, 0.4) is 0 Å². The maximum atomic E-state index is 4.50. The number of nitrogens with one attached hydrogen (secondary N) is 1. The molecule has 5 heteroatoms. The summed E-state index contributed by atoms with van der Waals surface area (Å²) in [7, 11) is 0. The third-order valence-electron chi connectivity index (χ3n) is 3.82. The Hall–Kier alpha value is -0.430. The van der Waals surface area contributed by atoms with Crippen LogP contribution in [0, 0.1) is 9.49 Å². The third kappa shape index (κ3) is 2.93. The minimum atomic E-state index is 0.725. The van der Waals surface area contributed by atoms with E-state index in [1.165, 1.54) is 48.9 Å². The standard InChI is InChI=1S/C13H19IN4/c14-12-7-16-9-17-13(12)18(11-1-2-11)8-10-3-5-15-6-4-10/h7,9-11,15H,1-6,8H2. The number of aromatic nitrogens is 2. The summed E-state index contributed by atoms with van der Waals surface area (Å²) in [6.45, 7) is 3.51. The quantitative estimate of drug-likeness (QED) is 0.837. The second-order valence-corrected chi connectivity index (χ2v) is 6.43. The monoisotopic (exact) mass is 358 g/mol. The van der Waals surface area contributed by atoms with E-state index in [-0.39, 0.29) is 0 Å². The summed E-state index contributed by atoms with van der Waals surface area (Å²) in [4.78, 5) is 11.1. The Morgan fingerprint density at radius 3 is 2.72 bits per heavy atom. The van der Waals surface area contributed by atoms with Crippen LogP contribution in [0.25, 0.3) is 0 Å². The molecule has 1 aliphatic heterocycles. The molecule has 0 radical (unpaired) electrons. The van der Waals surface area contributed by atoms with E-state index in [1.807, 2.05) is 6.20 Å². The maximum Gasteiger partial charge on any atom is 0.145 e. The smallest absolute Gasteiger partial charge is 0.145 e. The van der Waals surface area contributed by atoms with Gasteiger partial charge in [-0.05, 0) is 67.3 Å². The van der Waals surface area contributed by atoms with Gasteiger partial charge in [0.05, 0.1) is 3.57 Å². The normalized spacial score (nSPS) is 20.9. The Balaban J connectivity index is 1.73. The van der Waals surface area contributed by atoms with Crippen molar-refractivity contribution in [2.24, 2.45) is 5.92 Å². The van der Waals surface area contributed by atoms with Gasteiger partial charge in [0.15, 0.2) is 0 Å². The fraction of sp³-hybridized carbons (Fsp3) is 0.692. The van der Waals surface area contributed by atoms with Gasteiger partial charge in [-0.25, -0.2) is 9.97 Å². The van der Waals surface area contributed by atoms with Crippen LogP contribution in [0.2, 0.25) is 0 Å². The average molecular weight is 358 g/mol. The van der Waals surface area contributed by atoms with E-state index in [1.54, 1.807) is 6.33 Å². The molecule has 1 N–H and O–H groups in total. The van der Waals surface area contributed by atoms with E-state index in [4.69, 9.17) is 0 Å². The molecule has 3 rings (SSSR count). The Labute approximate surface area is 122 Å². The fourth-order valence-electron chi connectivity index (χ4n) is 2.65. The first kappa shape index (κ1) is 12.6. The number of rotatable bonds is 4. The van der Waals surface area contributed by atoms with E-state index >= 15 is 0 Å². The van der Waals surface area contributed by atoms with Crippen LogP contribution in [-0.4, -0.2) is 35.6 Å². The van der Waals surface area contributed by atoms with Crippen LogP contribution in [0.1, 0.15) is 25.7 Å². The molecule has 18 heavy (non-hydrogen) atoms. The lowest BCUT2D eigenvalue weighted by atomic mass is 9.97. The van der Waals surface area contributed by atoms with E-state index in [0.29, 0.717) is 0 Å². The highest BCUT2D eigenvalue weighted by Crippen LogP contribution is 2.34. The molecular weight excluding hydrogens is 339 g/mol. The van der Waals surface area contributed by atoms with Gasteiger partial charge in [-0.1, -0.05) is 0 Å². The molecule has 2 heterocycles. The van der Waals surface area contributed by atoms with Gasteiger partial charge in [-0.2, -0.15) is 0 Å². The molecule has 1 aliphatic carbocycles. The molecule has 0 amide bonds. The van der Waals surface area contributed by atoms with Crippen LogP contribution < -0.4 is 10.2 Å². The van der Waals surface area contributed by atoms with Crippen molar-refractivity contribution < 1.29 is 0 Å². The summed E-state index contributed by atoms with van der Waals surface area (Å²) in [5.74, 6) is 1.96. The molecular formula is C13H19IN4. The average Bonchev–Trinajstić information content (AvgIpc) is 3.23. The summed E-state index contributed by atoms with van der Waals surface area (Å²) in [6, 6.07) is 0.725. The Bertz CT molecular complexity index is 402. The lowest BCUT2D eigenvalue weighted by Gasteiger charge is -2.31. The minimum absolute atomic E-state index is 0.725. The van der Waals surface area contributed by atoms with Gasteiger partial charge >= 0.3 is 0 Å². The molecule has 0 aromatic carbocycles. The molecule has 2 fully saturated rings. The largest absolute Gasteiger partial charge is 0.352 e. The molecule has 0 spiro atoms. The van der Waals surface area contributed by atoms with Crippen molar-refractivity contribution in [3.63, 3.8) is 0 Å². The molecule has 2 aliphatic rings. The summed E-state index contributed by atoms with van der Waals surface area (Å²) in [5.41, 5.74) is 0. The topological polar surface area (TPSA) is 41.1 Å². The third-order valence-corrected chi connectivity index (χ3v) is 4.58. The second-order valence-electron chi connectivity index (χ2n) is 5.27. The Morgan fingerprint density at radius 1 is 1.28 bits per heavy atom. The first-order valence-corrected chi connectivity index (χ1v) is 7.85. The number of halogens is 1. The predicted molar refractivity (Wildman–Crippen MR) is 80.7 cm³/mol. The summed E-state index contributed by atoms with van der Waals surface area (Å²) >= 11 is 2.35. The van der Waals surface area contributed by atoms with Crippen LogP contribution in [0.5, 0.6) is 0 Å². The lowest BCUT2D eigenvalue weighted by Crippen LogP contribution is -2.38. The van der Waals surface area contributed by atoms with Crippen LogP contribution >= 0.6 is 22.6 Å². The highest BCUT2D eigenvalue weighted by atomic mass is 127. The van der Waals surface area contributed by atoms with Gasteiger partial charge in [0.25, 0.3) is 0 Å². The van der Waals surface area contributed by atoms with E-state index in [9.17, 15) is 0 Å². The van der Waals surface area contributed by atoms with Crippen molar-refractivity contribution in [2.45, 2.75) is 31.7 Å². The van der Waals surface area contributed by atoms with Gasteiger partial charge in [-0.15, -0.1) is 0 Å². The number of hydrogen-bond acceptors (Lipinski definition) is 4. The van der Waals surface area contributed by atoms with Gasteiger partial charge in [0, 0.05) is 18.8 Å². The zero-order chi connectivity index (χ0) is 12.4. The fourth-order valence-corrected chi connectivity index (χ4v) is 3.26. The molecule has 1 aromatic rings. The summed E-state index contributed by atoms with van der Waals surface area (Å²) < 4.78 is 1.18. The first-order chi connectivity index (χ1) is 8.84. The predicted octanol–water partition coefficient (Wildman–Crippen LogP) is 2.05. The highest BCUT2D eigenvalue weighted by Gasteiger charge is 2.32. The Morgan fingerprint density at radius 2 is 2.06 bits per heavy atom. The van der Waals surface area contributed by atoms with Crippen LogP contribution in [0.4, 0.5) is 5.82 Å².